The number of hydrazone groups is 1. The molecule has 0 radical (unpaired) electrons. The van der Waals surface area contributed by atoms with Crippen LogP contribution < -0.4 is 20.2 Å². The number of benzene rings is 3. The molecule has 3 aromatic carbocycles. The Hall–Kier alpha value is -3.67. The van der Waals surface area contributed by atoms with E-state index in [1.54, 1.807) is 24.4 Å². The molecule has 2 N–H and O–H groups in total. The zero-order valence-electron chi connectivity index (χ0n) is 17.9. The molecule has 0 aliphatic rings. The fourth-order valence-corrected chi connectivity index (χ4v) is 3.55. The second-order valence-electron chi connectivity index (χ2n) is 6.91. The predicted octanol–water partition coefficient (Wildman–Crippen LogP) is 4.98. The number of nitro groups is 1. The van der Waals surface area contributed by atoms with Crippen LogP contribution in [-0.2, 0) is 4.79 Å². The lowest BCUT2D eigenvalue weighted by Crippen LogP contribution is -2.20. The molecule has 0 bridgehead atoms. The molecular weight excluding hydrogens is 539 g/mol. The van der Waals surface area contributed by atoms with Crippen LogP contribution in [0.15, 0.2) is 65.8 Å². The molecular formula is C23H21IN4O5. The van der Waals surface area contributed by atoms with E-state index in [0.29, 0.717) is 22.9 Å². The maximum Gasteiger partial charge on any atom is 0.269 e. The van der Waals surface area contributed by atoms with Crippen LogP contribution in [0, 0.1) is 20.6 Å². The van der Waals surface area contributed by atoms with Gasteiger partial charge in [-0.25, -0.2) is 0 Å². The maximum atomic E-state index is 12.2. The standard InChI is InChI=1S/C23H21IN4O5/c1-15-3-5-17(6-4-15)26-22(29)14-33-23-20(24)11-16(12-21(23)32-2)13-25-27-18-7-9-19(10-8-18)28(30)31/h3-13,27H,14H2,1-2H3,(H,26,29)/b25-13+. The number of rotatable bonds is 9. The summed E-state index contributed by atoms with van der Waals surface area (Å²) < 4.78 is 11.9. The molecule has 0 heterocycles. The fourth-order valence-electron chi connectivity index (χ4n) is 2.77. The maximum absolute atomic E-state index is 12.2. The van der Waals surface area contributed by atoms with Gasteiger partial charge < -0.3 is 14.8 Å². The molecule has 3 aromatic rings. The first-order valence-corrected chi connectivity index (χ1v) is 10.8. The van der Waals surface area contributed by atoms with Crippen molar-refractivity contribution < 1.29 is 19.2 Å². The van der Waals surface area contributed by atoms with Crippen molar-refractivity contribution in [3.05, 3.63) is 85.5 Å². The van der Waals surface area contributed by atoms with E-state index >= 15 is 0 Å². The number of hydrogen-bond acceptors (Lipinski definition) is 7. The lowest BCUT2D eigenvalue weighted by atomic mass is 10.2. The summed E-state index contributed by atoms with van der Waals surface area (Å²) in [4.78, 5) is 22.5. The quantitative estimate of drug-likeness (QED) is 0.165. The third-order valence-corrected chi connectivity index (χ3v) is 5.22. The first-order chi connectivity index (χ1) is 15.9. The van der Waals surface area contributed by atoms with Crippen LogP contribution in [0.25, 0.3) is 0 Å². The van der Waals surface area contributed by atoms with Crippen LogP contribution in [0.5, 0.6) is 11.5 Å². The number of anilines is 2. The molecule has 9 nitrogen and oxygen atoms in total. The Kier molecular flexibility index (Phi) is 8.19. The topological polar surface area (TPSA) is 115 Å². The minimum Gasteiger partial charge on any atom is -0.493 e. The third kappa shape index (κ3) is 6.91. The van der Waals surface area contributed by atoms with Crippen molar-refractivity contribution in [3.63, 3.8) is 0 Å². The predicted molar refractivity (Wildman–Crippen MR) is 135 cm³/mol. The number of nitrogens with one attached hydrogen (secondary N) is 2. The Morgan fingerprint density at radius 2 is 1.79 bits per heavy atom. The molecule has 0 saturated heterocycles. The SMILES string of the molecule is COc1cc(/C=N/Nc2ccc([N+](=O)[O-])cc2)cc(I)c1OCC(=O)Nc1ccc(C)cc1. The third-order valence-electron chi connectivity index (χ3n) is 4.42. The number of non-ortho nitro benzene ring substituents is 1. The van der Waals surface area contributed by atoms with Crippen LogP contribution in [0.3, 0.4) is 0 Å². The number of methoxy groups -OCH3 is 1. The number of carbonyl (C=O) groups is 1. The molecule has 3 rings (SSSR count). The molecule has 0 spiro atoms. The van der Waals surface area contributed by atoms with E-state index in [-0.39, 0.29) is 18.2 Å². The molecule has 0 aromatic heterocycles. The van der Waals surface area contributed by atoms with Gasteiger partial charge in [0, 0.05) is 17.8 Å². The number of nitro benzene ring substituents is 1. The molecule has 0 aliphatic carbocycles. The minimum atomic E-state index is -0.461. The van der Waals surface area contributed by atoms with Gasteiger partial charge in [-0.1, -0.05) is 17.7 Å². The molecule has 0 unspecified atom stereocenters. The van der Waals surface area contributed by atoms with E-state index < -0.39 is 4.92 Å². The molecule has 0 atom stereocenters. The number of carbonyl (C=O) groups excluding carboxylic acids is 1. The van der Waals surface area contributed by atoms with Crippen LogP contribution in [0.1, 0.15) is 11.1 Å². The Morgan fingerprint density at radius 1 is 1.12 bits per heavy atom. The first kappa shape index (κ1) is 24.0. The highest BCUT2D eigenvalue weighted by Gasteiger charge is 2.13. The van der Waals surface area contributed by atoms with Crippen molar-refractivity contribution in [1.29, 1.82) is 0 Å². The van der Waals surface area contributed by atoms with Crippen molar-refractivity contribution in [2.24, 2.45) is 5.10 Å². The van der Waals surface area contributed by atoms with Gasteiger partial charge in [-0.2, -0.15) is 5.10 Å². The van der Waals surface area contributed by atoms with Crippen molar-refractivity contribution in [3.8, 4) is 11.5 Å². The van der Waals surface area contributed by atoms with Gasteiger partial charge in [-0.15, -0.1) is 0 Å². The summed E-state index contributed by atoms with van der Waals surface area (Å²) >= 11 is 2.10. The van der Waals surface area contributed by atoms with Gasteiger partial charge in [0.05, 0.1) is 27.5 Å². The molecule has 10 heteroatoms. The monoisotopic (exact) mass is 560 g/mol. The van der Waals surface area contributed by atoms with Crippen molar-refractivity contribution >= 4 is 51.8 Å². The van der Waals surface area contributed by atoms with Crippen LogP contribution in [0.4, 0.5) is 17.1 Å². The molecule has 170 valence electrons. The Morgan fingerprint density at radius 3 is 2.42 bits per heavy atom. The highest BCUT2D eigenvalue weighted by Crippen LogP contribution is 2.33. The van der Waals surface area contributed by atoms with Gasteiger partial charge in [0.1, 0.15) is 0 Å². The number of nitrogens with zero attached hydrogens (tertiary/aromatic N) is 2. The van der Waals surface area contributed by atoms with Crippen LogP contribution in [-0.4, -0.2) is 30.8 Å². The first-order valence-electron chi connectivity index (χ1n) is 9.76. The summed E-state index contributed by atoms with van der Waals surface area (Å²) in [5.41, 5.74) is 5.97. The summed E-state index contributed by atoms with van der Waals surface area (Å²) in [5.74, 6) is 0.633. The minimum absolute atomic E-state index is 0.00644. The second kappa shape index (κ2) is 11.3. The van der Waals surface area contributed by atoms with Gasteiger partial charge in [0.15, 0.2) is 18.1 Å². The summed E-state index contributed by atoms with van der Waals surface area (Å²) in [6.45, 7) is 1.80. The molecule has 0 saturated carbocycles. The van der Waals surface area contributed by atoms with Crippen LogP contribution in [0.2, 0.25) is 0 Å². The largest absolute Gasteiger partial charge is 0.493 e. The Balaban J connectivity index is 1.62. The number of amides is 1. The summed E-state index contributed by atoms with van der Waals surface area (Å²) in [7, 11) is 1.51. The van der Waals surface area contributed by atoms with Gasteiger partial charge in [-0.3, -0.25) is 20.3 Å². The van der Waals surface area contributed by atoms with Crippen molar-refractivity contribution in [2.45, 2.75) is 6.92 Å². The highest BCUT2D eigenvalue weighted by molar-refractivity contribution is 14.1. The lowest BCUT2D eigenvalue weighted by Gasteiger charge is -2.13. The molecule has 1 amide bonds. The van der Waals surface area contributed by atoms with Gasteiger partial charge >= 0.3 is 0 Å². The zero-order chi connectivity index (χ0) is 23.8. The summed E-state index contributed by atoms with van der Waals surface area (Å²) in [5, 5.41) is 17.7. The molecule has 0 fully saturated rings. The number of hydrogen-bond donors (Lipinski definition) is 2. The van der Waals surface area contributed by atoms with E-state index in [9.17, 15) is 14.9 Å². The molecule has 0 aliphatic heterocycles. The fraction of sp³-hybridized carbons (Fsp3) is 0.130. The van der Waals surface area contributed by atoms with E-state index in [4.69, 9.17) is 9.47 Å². The zero-order valence-corrected chi connectivity index (χ0v) is 20.0. The normalized spacial score (nSPS) is 10.6. The summed E-state index contributed by atoms with van der Waals surface area (Å²) in [6.07, 6.45) is 1.58. The average molecular weight is 560 g/mol. The summed E-state index contributed by atoms with van der Waals surface area (Å²) in [6, 6.07) is 17.0. The lowest BCUT2D eigenvalue weighted by molar-refractivity contribution is -0.384. The highest BCUT2D eigenvalue weighted by atomic mass is 127. The van der Waals surface area contributed by atoms with E-state index in [1.165, 1.54) is 19.2 Å². The van der Waals surface area contributed by atoms with E-state index in [2.05, 4.69) is 38.4 Å². The Bertz CT molecular complexity index is 1160. The van der Waals surface area contributed by atoms with Crippen LogP contribution >= 0.6 is 22.6 Å². The number of ether oxygens (including phenoxy) is 2. The average Bonchev–Trinajstić information content (AvgIpc) is 2.80. The van der Waals surface area contributed by atoms with Crippen molar-refractivity contribution in [1.82, 2.24) is 0 Å². The van der Waals surface area contributed by atoms with Gasteiger partial charge in [-0.05, 0) is 71.5 Å². The van der Waals surface area contributed by atoms with Gasteiger partial charge in [0.2, 0.25) is 0 Å². The van der Waals surface area contributed by atoms with Crippen molar-refractivity contribution in [2.75, 3.05) is 24.5 Å². The number of aryl methyl sites for hydroxylation is 1. The van der Waals surface area contributed by atoms with Gasteiger partial charge in [0.25, 0.3) is 11.6 Å². The molecule has 33 heavy (non-hydrogen) atoms. The van der Waals surface area contributed by atoms with E-state index in [0.717, 1.165) is 14.7 Å². The smallest absolute Gasteiger partial charge is 0.269 e. The Labute approximate surface area is 204 Å². The second-order valence-corrected chi connectivity index (χ2v) is 8.07. The van der Waals surface area contributed by atoms with E-state index in [1.807, 2.05) is 37.3 Å². The number of halogens is 1.